The number of rotatable bonds is 7. The van der Waals surface area contributed by atoms with Crippen LogP contribution < -0.4 is 0 Å². The summed E-state index contributed by atoms with van der Waals surface area (Å²) >= 11 is 7.77. The number of allylic oxidation sites excluding steroid dienone is 1. The Labute approximate surface area is 287 Å². The fourth-order valence-electron chi connectivity index (χ4n) is 8.16. The predicted molar refractivity (Wildman–Crippen MR) is 187 cm³/mol. The third-order valence-electron chi connectivity index (χ3n) is 11.1. The van der Waals surface area contributed by atoms with Crippen molar-refractivity contribution in [3.05, 3.63) is 80.8 Å². The molecule has 2 aromatic rings. The van der Waals surface area contributed by atoms with Crippen molar-refractivity contribution in [1.82, 2.24) is 19.6 Å². The highest BCUT2D eigenvalue weighted by atomic mass is 35.5. The number of halogens is 1. The second-order valence-electron chi connectivity index (χ2n) is 14.4. The Morgan fingerprint density at radius 1 is 1.06 bits per heavy atom. The Balaban J connectivity index is 1.30. The molecule has 8 nitrogen and oxygen atoms in total. The topological polar surface area (TPSA) is 83.2 Å². The van der Waals surface area contributed by atoms with Gasteiger partial charge in [0.2, 0.25) is 5.91 Å². The summed E-state index contributed by atoms with van der Waals surface area (Å²) in [6, 6.07) is 16.8. The van der Waals surface area contributed by atoms with E-state index in [9.17, 15) is 10.1 Å². The van der Waals surface area contributed by atoms with Crippen molar-refractivity contribution in [2.24, 2.45) is 10.9 Å². The van der Waals surface area contributed by atoms with Gasteiger partial charge in [0.05, 0.1) is 22.6 Å². The van der Waals surface area contributed by atoms with Crippen LogP contribution in [0.3, 0.4) is 0 Å². The number of ketones is 1. The number of hydrogen-bond acceptors (Lipinski definition) is 8. The van der Waals surface area contributed by atoms with Gasteiger partial charge in [-0.2, -0.15) is 5.26 Å². The van der Waals surface area contributed by atoms with Gasteiger partial charge in [-0.05, 0) is 106 Å². The Morgan fingerprint density at radius 3 is 2.36 bits per heavy atom. The Kier molecular flexibility index (Phi) is 8.31. The number of hydrogen-bond donors (Lipinski definition) is 0. The number of nitriles is 1. The monoisotopic (exact) mass is 670 g/mol. The lowest BCUT2D eigenvalue weighted by atomic mass is 9.80. The van der Waals surface area contributed by atoms with Crippen molar-refractivity contribution in [3.63, 3.8) is 0 Å². The molecule has 4 aliphatic heterocycles. The normalized spacial score (nSPS) is 27.7. The molecule has 7 rings (SSSR count). The summed E-state index contributed by atoms with van der Waals surface area (Å²) in [4.78, 5) is 44.4. The molecule has 10 heteroatoms. The van der Waals surface area contributed by atoms with E-state index in [0.717, 1.165) is 60.8 Å². The Bertz CT molecular complexity index is 1690. The van der Waals surface area contributed by atoms with Gasteiger partial charge in [0, 0.05) is 41.9 Å². The number of piperazine rings is 1. The Morgan fingerprint density at radius 2 is 1.77 bits per heavy atom. The van der Waals surface area contributed by atoms with Gasteiger partial charge in [0.15, 0.2) is 17.0 Å². The molecule has 0 bridgehead atoms. The van der Waals surface area contributed by atoms with Crippen molar-refractivity contribution in [3.8, 4) is 6.07 Å². The van der Waals surface area contributed by atoms with Crippen LogP contribution in [0.5, 0.6) is 0 Å². The van der Waals surface area contributed by atoms with Crippen molar-refractivity contribution in [2.75, 3.05) is 33.2 Å². The van der Waals surface area contributed by atoms with E-state index in [2.05, 4.69) is 55.5 Å². The van der Waals surface area contributed by atoms with Gasteiger partial charge in [0.25, 0.3) is 0 Å². The number of carbonyl (C=O) groups is 2. The lowest BCUT2D eigenvalue weighted by Crippen LogP contribution is -2.61. The molecule has 5 aliphatic rings. The molecule has 4 atom stereocenters. The van der Waals surface area contributed by atoms with Gasteiger partial charge in [0.1, 0.15) is 5.54 Å². The number of thioether (sulfide) groups is 1. The molecule has 1 saturated carbocycles. The summed E-state index contributed by atoms with van der Waals surface area (Å²) in [5.74, 6) is -0.157. The van der Waals surface area contributed by atoms with Crippen molar-refractivity contribution < 1.29 is 9.59 Å². The van der Waals surface area contributed by atoms with Gasteiger partial charge in [-0.25, -0.2) is 4.99 Å². The second kappa shape index (κ2) is 12.1. The number of fused-ring (bicyclic) bond motifs is 1. The number of amides is 1. The zero-order valence-corrected chi connectivity index (χ0v) is 29.4. The van der Waals surface area contributed by atoms with E-state index >= 15 is 4.79 Å². The quantitative estimate of drug-likeness (QED) is 0.325. The number of benzene rings is 2. The average Bonchev–Trinajstić information content (AvgIpc) is 3.40. The molecule has 0 radical (unpaired) electrons. The molecule has 0 N–H and O–H groups in total. The van der Waals surface area contributed by atoms with Gasteiger partial charge >= 0.3 is 0 Å². The van der Waals surface area contributed by atoms with Crippen LogP contribution in [0.2, 0.25) is 5.02 Å². The van der Waals surface area contributed by atoms with Crippen LogP contribution in [0.4, 0.5) is 0 Å². The van der Waals surface area contributed by atoms with Gasteiger partial charge in [-0.3, -0.25) is 19.4 Å². The maximum absolute atomic E-state index is 15.0. The minimum Gasteiger partial charge on any atom is -0.338 e. The third-order valence-corrected chi connectivity index (χ3v) is 12.5. The lowest BCUT2D eigenvalue weighted by molar-refractivity contribution is -0.144. The number of amidine groups is 1. The van der Waals surface area contributed by atoms with Crippen molar-refractivity contribution >= 4 is 40.2 Å². The number of likely N-dealkylation sites (N-methyl/N-ethyl adjacent to an activating group) is 1. The highest BCUT2D eigenvalue weighted by Crippen LogP contribution is 2.56. The summed E-state index contributed by atoms with van der Waals surface area (Å²) in [5, 5.41) is 10.9. The van der Waals surface area contributed by atoms with Crippen LogP contribution in [-0.2, 0) is 15.1 Å². The largest absolute Gasteiger partial charge is 0.338 e. The van der Waals surface area contributed by atoms with E-state index in [1.165, 1.54) is 11.8 Å². The molecule has 2 saturated heterocycles. The first-order chi connectivity index (χ1) is 22.5. The number of aliphatic imine (C=N–C) groups is 1. The van der Waals surface area contributed by atoms with E-state index in [1.54, 1.807) is 0 Å². The fourth-order valence-corrected chi connectivity index (χ4v) is 9.66. The first-order valence-corrected chi connectivity index (χ1v) is 18.0. The van der Waals surface area contributed by atoms with E-state index in [1.807, 2.05) is 53.4 Å². The lowest BCUT2D eigenvalue weighted by Gasteiger charge is -2.42. The maximum Gasteiger partial charge on any atom is 0.248 e. The summed E-state index contributed by atoms with van der Waals surface area (Å²) < 4.78 is 0. The zero-order valence-electron chi connectivity index (χ0n) is 27.9. The molecule has 1 aliphatic carbocycles. The van der Waals surface area contributed by atoms with E-state index in [4.69, 9.17) is 16.6 Å². The molecule has 2 aromatic carbocycles. The van der Waals surface area contributed by atoms with Crippen LogP contribution >= 0.6 is 23.4 Å². The molecular weight excluding hydrogens is 628 g/mol. The van der Waals surface area contributed by atoms with Crippen LogP contribution in [0, 0.1) is 17.2 Å². The molecule has 4 heterocycles. The minimum atomic E-state index is -0.845. The molecule has 1 unspecified atom stereocenters. The van der Waals surface area contributed by atoms with Gasteiger partial charge in [-0.1, -0.05) is 49.7 Å². The molecule has 1 amide bonds. The van der Waals surface area contributed by atoms with E-state index in [-0.39, 0.29) is 35.2 Å². The highest BCUT2D eigenvalue weighted by Gasteiger charge is 2.56. The number of likely N-dealkylation sites (tertiary alicyclic amines) is 1. The molecule has 47 heavy (non-hydrogen) atoms. The van der Waals surface area contributed by atoms with E-state index in [0.29, 0.717) is 28.6 Å². The summed E-state index contributed by atoms with van der Waals surface area (Å²) in [6.45, 7) is 11.4. The average molecular weight is 671 g/mol. The van der Waals surface area contributed by atoms with E-state index < -0.39 is 11.6 Å². The molecular formula is C37H43ClN6O2S. The first-order valence-electron chi connectivity index (χ1n) is 16.8. The SMILES string of the molecule is CC(C)C1=C(C(=O)C(C(=O)N2CCN(C)C3(CC3)C2)N2CCC[C@H]2C)SC2=N[C@@](C)(c3ccc(C#N)cc3)[C@@H](c3ccc(Cl)cc3)N21. The minimum absolute atomic E-state index is 0.00242. The smallest absolute Gasteiger partial charge is 0.248 e. The van der Waals surface area contributed by atoms with Crippen LogP contribution in [0.1, 0.15) is 76.1 Å². The molecule has 0 aromatic heterocycles. The van der Waals surface area contributed by atoms with Crippen LogP contribution in [-0.4, -0.2) is 87.3 Å². The second-order valence-corrected chi connectivity index (χ2v) is 15.8. The highest BCUT2D eigenvalue weighted by molar-refractivity contribution is 8.18. The van der Waals surface area contributed by atoms with Gasteiger partial charge < -0.3 is 9.80 Å². The summed E-state index contributed by atoms with van der Waals surface area (Å²) in [7, 11) is 2.16. The zero-order chi connectivity index (χ0) is 33.2. The van der Waals surface area contributed by atoms with Gasteiger partial charge in [-0.15, -0.1) is 0 Å². The summed E-state index contributed by atoms with van der Waals surface area (Å²) in [6.07, 6.45) is 4.16. The van der Waals surface area contributed by atoms with Crippen LogP contribution in [0.15, 0.2) is 64.1 Å². The molecule has 1 spiro atoms. The number of Topliss-reactive ketones (excluding diaryl/α,β-unsaturated/α-hetero) is 1. The Hall–Kier alpha value is -3.16. The number of nitrogens with zero attached hydrogens (tertiary/aromatic N) is 6. The standard InChI is InChI=1S/C37H43ClN6O2S/c1-23(2)29-32(31(45)30(43-18-6-7-24(43)3)34(46)42-20-19-41(5)37(22-42)16-17-37)47-35-40-36(4,27-12-8-25(21-39)9-13-27)33(44(29)35)26-10-14-28(38)15-11-26/h8-15,23-24,30,33H,6-7,16-20,22H2,1-5H3/t24-,30?,33-,36+/m1/s1. The maximum atomic E-state index is 15.0. The predicted octanol–water partition coefficient (Wildman–Crippen LogP) is 6.18. The van der Waals surface area contributed by atoms with Crippen molar-refractivity contribution in [1.29, 1.82) is 5.26 Å². The van der Waals surface area contributed by atoms with Crippen LogP contribution in [0.25, 0.3) is 0 Å². The molecule has 246 valence electrons. The fraction of sp³-hybridized carbons (Fsp3) is 0.514. The molecule has 3 fully saturated rings. The first kappa shape index (κ1) is 32.4. The third kappa shape index (κ3) is 5.42. The number of carbonyl (C=O) groups excluding carboxylic acids is 2. The summed E-state index contributed by atoms with van der Waals surface area (Å²) in [5.41, 5.74) is 2.89. The van der Waals surface area contributed by atoms with Crippen molar-refractivity contribution in [2.45, 2.75) is 82.6 Å².